The van der Waals surface area contributed by atoms with Crippen LogP contribution < -0.4 is 5.73 Å². The van der Waals surface area contributed by atoms with Crippen LogP contribution in [-0.4, -0.2) is 32.5 Å². The summed E-state index contributed by atoms with van der Waals surface area (Å²) in [5.41, 5.74) is 5.41. The third kappa shape index (κ3) is 2.15. The maximum absolute atomic E-state index is 5.48. The molecule has 1 unspecified atom stereocenters. The molecule has 1 rings (SSSR count). The number of hydrogen-bond donors (Lipinski definition) is 1. The minimum atomic E-state index is -0.0764. The summed E-state index contributed by atoms with van der Waals surface area (Å²) in [6, 6.07) is 0. The molecule has 3 nitrogen and oxygen atoms in total. The van der Waals surface area contributed by atoms with E-state index in [9.17, 15) is 0 Å². The lowest BCUT2D eigenvalue weighted by Gasteiger charge is -2.35. The highest BCUT2D eigenvalue weighted by atomic mass is 16.5. The zero-order valence-corrected chi connectivity index (χ0v) is 7.14. The summed E-state index contributed by atoms with van der Waals surface area (Å²) in [6.07, 6.45) is 3.08. The molecular formula is C8H17NO2. The first-order valence-corrected chi connectivity index (χ1v) is 4.16. The monoisotopic (exact) mass is 159 g/mol. The zero-order valence-electron chi connectivity index (χ0n) is 7.14. The van der Waals surface area contributed by atoms with Crippen LogP contribution in [0.5, 0.6) is 0 Å². The Kier molecular flexibility index (Phi) is 3.30. The van der Waals surface area contributed by atoms with Gasteiger partial charge in [-0.25, -0.2) is 0 Å². The molecule has 0 bridgehead atoms. The quantitative estimate of drug-likeness (QED) is 0.653. The molecule has 1 fully saturated rings. The van der Waals surface area contributed by atoms with Crippen molar-refractivity contribution in [3.8, 4) is 0 Å². The summed E-state index contributed by atoms with van der Waals surface area (Å²) in [5.74, 6) is 0. The molecule has 2 N–H and O–H groups in total. The van der Waals surface area contributed by atoms with E-state index in [1.54, 1.807) is 7.11 Å². The Bertz CT molecular complexity index is 105. The number of rotatable bonds is 3. The van der Waals surface area contributed by atoms with Gasteiger partial charge in [-0.05, 0) is 25.8 Å². The van der Waals surface area contributed by atoms with Gasteiger partial charge in [-0.2, -0.15) is 0 Å². The Morgan fingerprint density at radius 3 is 2.91 bits per heavy atom. The highest BCUT2D eigenvalue weighted by Gasteiger charge is 2.31. The van der Waals surface area contributed by atoms with Gasteiger partial charge in [-0.3, -0.25) is 0 Å². The van der Waals surface area contributed by atoms with Crippen molar-refractivity contribution in [3.63, 3.8) is 0 Å². The smallest absolute Gasteiger partial charge is 0.0923 e. The molecule has 11 heavy (non-hydrogen) atoms. The van der Waals surface area contributed by atoms with Crippen molar-refractivity contribution >= 4 is 0 Å². The molecule has 0 saturated carbocycles. The normalized spacial score (nSPS) is 32.2. The van der Waals surface area contributed by atoms with Crippen LogP contribution in [0.2, 0.25) is 0 Å². The van der Waals surface area contributed by atoms with Crippen LogP contribution in [0.4, 0.5) is 0 Å². The molecule has 3 heteroatoms. The van der Waals surface area contributed by atoms with Crippen molar-refractivity contribution in [2.45, 2.75) is 24.9 Å². The summed E-state index contributed by atoms with van der Waals surface area (Å²) in [4.78, 5) is 0. The standard InChI is InChI=1S/C8H17NO2/c1-10-8(4-5-9)3-2-6-11-7-8/h2-7,9H2,1H3. The summed E-state index contributed by atoms with van der Waals surface area (Å²) >= 11 is 0. The van der Waals surface area contributed by atoms with Gasteiger partial charge in [0.2, 0.25) is 0 Å². The third-order valence-electron chi connectivity index (χ3n) is 2.32. The van der Waals surface area contributed by atoms with Crippen LogP contribution in [0, 0.1) is 0 Å². The number of nitrogens with two attached hydrogens (primary N) is 1. The topological polar surface area (TPSA) is 44.5 Å². The average Bonchev–Trinajstić information content (AvgIpc) is 2.07. The average molecular weight is 159 g/mol. The number of ether oxygens (including phenoxy) is 2. The van der Waals surface area contributed by atoms with Crippen LogP contribution in [0.25, 0.3) is 0 Å². The SMILES string of the molecule is COC1(CCN)CCCOC1. The Hall–Kier alpha value is -0.120. The van der Waals surface area contributed by atoms with Crippen molar-refractivity contribution in [2.75, 3.05) is 26.9 Å². The predicted molar refractivity (Wildman–Crippen MR) is 43.5 cm³/mol. The van der Waals surface area contributed by atoms with E-state index in [-0.39, 0.29) is 5.60 Å². The Morgan fingerprint density at radius 1 is 1.64 bits per heavy atom. The van der Waals surface area contributed by atoms with Gasteiger partial charge >= 0.3 is 0 Å². The van der Waals surface area contributed by atoms with Gasteiger partial charge in [0.05, 0.1) is 12.2 Å². The van der Waals surface area contributed by atoms with Crippen LogP contribution in [0.15, 0.2) is 0 Å². The van der Waals surface area contributed by atoms with Gasteiger partial charge in [0.25, 0.3) is 0 Å². The number of methoxy groups -OCH3 is 1. The maximum Gasteiger partial charge on any atom is 0.0923 e. The Balaban J connectivity index is 2.42. The lowest BCUT2D eigenvalue weighted by Crippen LogP contribution is -2.42. The molecular weight excluding hydrogens is 142 g/mol. The Labute approximate surface area is 67.9 Å². The van der Waals surface area contributed by atoms with Crippen LogP contribution in [-0.2, 0) is 9.47 Å². The van der Waals surface area contributed by atoms with E-state index in [2.05, 4.69) is 0 Å². The van der Waals surface area contributed by atoms with Crippen LogP contribution in [0.3, 0.4) is 0 Å². The second kappa shape index (κ2) is 4.04. The molecule has 1 aliphatic heterocycles. The lowest BCUT2D eigenvalue weighted by atomic mass is 9.93. The molecule has 1 aliphatic rings. The molecule has 66 valence electrons. The predicted octanol–water partition coefficient (Wildman–Crippen LogP) is 0.531. The number of hydrogen-bond acceptors (Lipinski definition) is 3. The first-order chi connectivity index (χ1) is 5.33. The van der Waals surface area contributed by atoms with Crippen molar-refractivity contribution in [1.29, 1.82) is 0 Å². The second-order valence-electron chi connectivity index (χ2n) is 3.08. The first kappa shape index (κ1) is 8.97. The second-order valence-corrected chi connectivity index (χ2v) is 3.08. The maximum atomic E-state index is 5.48. The summed E-state index contributed by atoms with van der Waals surface area (Å²) in [6.45, 7) is 2.26. The Morgan fingerprint density at radius 2 is 2.45 bits per heavy atom. The fraction of sp³-hybridized carbons (Fsp3) is 1.00. The van der Waals surface area contributed by atoms with Gasteiger partial charge in [0.1, 0.15) is 0 Å². The largest absolute Gasteiger partial charge is 0.378 e. The molecule has 1 atom stereocenters. The van der Waals surface area contributed by atoms with E-state index in [1.807, 2.05) is 0 Å². The zero-order chi connectivity index (χ0) is 8.16. The summed E-state index contributed by atoms with van der Waals surface area (Å²) in [7, 11) is 1.74. The summed E-state index contributed by atoms with van der Waals surface area (Å²) in [5, 5.41) is 0. The van der Waals surface area contributed by atoms with Gasteiger partial charge in [0, 0.05) is 13.7 Å². The molecule has 0 aromatic carbocycles. The van der Waals surface area contributed by atoms with Gasteiger partial charge in [0.15, 0.2) is 0 Å². The van der Waals surface area contributed by atoms with Gasteiger partial charge in [-0.15, -0.1) is 0 Å². The van der Waals surface area contributed by atoms with E-state index in [0.717, 1.165) is 25.9 Å². The van der Waals surface area contributed by atoms with Crippen molar-refractivity contribution in [2.24, 2.45) is 5.73 Å². The van der Waals surface area contributed by atoms with E-state index in [1.165, 1.54) is 0 Å². The van der Waals surface area contributed by atoms with E-state index >= 15 is 0 Å². The molecule has 0 spiro atoms. The molecule has 0 radical (unpaired) electrons. The molecule has 1 saturated heterocycles. The van der Waals surface area contributed by atoms with E-state index in [0.29, 0.717) is 13.2 Å². The fourth-order valence-corrected chi connectivity index (χ4v) is 1.55. The van der Waals surface area contributed by atoms with Gasteiger partial charge < -0.3 is 15.2 Å². The minimum absolute atomic E-state index is 0.0764. The molecule has 0 aromatic rings. The van der Waals surface area contributed by atoms with E-state index < -0.39 is 0 Å². The van der Waals surface area contributed by atoms with Crippen LogP contribution >= 0.6 is 0 Å². The molecule has 0 aliphatic carbocycles. The van der Waals surface area contributed by atoms with Crippen molar-refractivity contribution in [1.82, 2.24) is 0 Å². The van der Waals surface area contributed by atoms with Gasteiger partial charge in [-0.1, -0.05) is 0 Å². The minimum Gasteiger partial charge on any atom is -0.378 e. The highest BCUT2D eigenvalue weighted by Crippen LogP contribution is 2.25. The third-order valence-corrected chi connectivity index (χ3v) is 2.32. The fourth-order valence-electron chi connectivity index (χ4n) is 1.55. The highest BCUT2D eigenvalue weighted by molar-refractivity contribution is 4.83. The molecule has 1 heterocycles. The molecule has 0 amide bonds. The van der Waals surface area contributed by atoms with Crippen molar-refractivity contribution < 1.29 is 9.47 Å². The van der Waals surface area contributed by atoms with Crippen molar-refractivity contribution in [3.05, 3.63) is 0 Å². The van der Waals surface area contributed by atoms with E-state index in [4.69, 9.17) is 15.2 Å². The molecule has 0 aromatic heterocycles. The first-order valence-electron chi connectivity index (χ1n) is 4.16. The van der Waals surface area contributed by atoms with Crippen LogP contribution in [0.1, 0.15) is 19.3 Å². The lowest BCUT2D eigenvalue weighted by molar-refractivity contribution is -0.112. The summed E-state index contributed by atoms with van der Waals surface area (Å²) < 4.78 is 10.8.